The van der Waals surface area contributed by atoms with Crippen molar-refractivity contribution in [2.45, 2.75) is 11.7 Å². The average molecular weight is 390 g/mol. The van der Waals surface area contributed by atoms with E-state index in [1.165, 1.54) is 11.8 Å². The molecule has 1 aliphatic rings. The van der Waals surface area contributed by atoms with Crippen LogP contribution < -0.4 is 10.1 Å². The van der Waals surface area contributed by atoms with Crippen molar-refractivity contribution < 1.29 is 14.3 Å². The lowest BCUT2D eigenvalue weighted by atomic mass is 10.1. The van der Waals surface area contributed by atoms with Crippen molar-refractivity contribution in [2.24, 2.45) is 4.99 Å². The first-order valence-electron chi connectivity index (χ1n) is 8.92. The average Bonchev–Trinajstić information content (AvgIpc) is 3.06. The zero-order valence-electron chi connectivity index (χ0n) is 15.0. The molecule has 0 fully saturated rings. The Morgan fingerprint density at radius 1 is 1.00 bits per heavy atom. The van der Waals surface area contributed by atoms with Gasteiger partial charge in [-0.05, 0) is 23.6 Å². The van der Waals surface area contributed by atoms with Crippen LogP contribution in [0.3, 0.4) is 0 Å². The van der Waals surface area contributed by atoms with Crippen molar-refractivity contribution in [3.05, 3.63) is 72.8 Å². The van der Waals surface area contributed by atoms with Crippen molar-refractivity contribution in [1.82, 2.24) is 0 Å². The van der Waals surface area contributed by atoms with Crippen LogP contribution in [0.5, 0.6) is 5.75 Å². The molecule has 3 aromatic carbocycles. The number of amides is 2. The number of hydrogen-bond acceptors (Lipinski definition) is 4. The lowest BCUT2D eigenvalue weighted by molar-refractivity contribution is -0.121. The van der Waals surface area contributed by atoms with Gasteiger partial charge in [-0.3, -0.25) is 9.59 Å². The number of hydrogen-bond donors (Lipinski definition) is 1. The second-order valence-electron chi connectivity index (χ2n) is 6.33. The number of rotatable bonds is 6. The van der Waals surface area contributed by atoms with Crippen LogP contribution in [0.2, 0.25) is 0 Å². The molecule has 3 aromatic rings. The van der Waals surface area contributed by atoms with E-state index in [-0.39, 0.29) is 24.8 Å². The van der Waals surface area contributed by atoms with Crippen LogP contribution >= 0.6 is 11.8 Å². The fourth-order valence-corrected chi connectivity index (χ4v) is 3.98. The van der Waals surface area contributed by atoms with E-state index in [0.717, 1.165) is 22.2 Å². The van der Waals surface area contributed by atoms with Gasteiger partial charge in [-0.15, -0.1) is 0 Å². The van der Waals surface area contributed by atoms with Gasteiger partial charge in [-0.1, -0.05) is 66.4 Å². The van der Waals surface area contributed by atoms with Crippen molar-refractivity contribution in [3.63, 3.8) is 0 Å². The molecule has 0 aliphatic carbocycles. The molecule has 1 heterocycles. The number of thioether (sulfide) groups is 1. The normalized spacial score (nSPS) is 16.1. The number of nitrogens with zero attached hydrogens (tertiary/aromatic N) is 1. The number of anilines is 1. The molecule has 28 heavy (non-hydrogen) atoms. The molecule has 1 atom stereocenters. The summed E-state index contributed by atoms with van der Waals surface area (Å²) in [5.74, 6) is 0.225. The molecule has 4 rings (SSSR count). The zero-order chi connectivity index (χ0) is 19.3. The fraction of sp³-hybridized carbons (Fsp3) is 0.136. The number of carbonyl (C=O) groups excluding carboxylic acids is 2. The predicted molar refractivity (Wildman–Crippen MR) is 113 cm³/mol. The van der Waals surface area contributed by atoms with Crippen LogP contribution in [0, 0.1) is 0 Å². The van der Waals surface area contributed by atoms with Crippen molar-refractivity contribution in [3.8, 4) is 5.75 Å². The second kappa shape index (κ2) is 8.27. The number of ether oxygens (including phenoxy) is 1. The summed E-state index contributed by atoms with van der Waals surface area (Å²) in [6.45, 7) is 0.224. The SMILES string of the molecule is O=C(C[C@@H]1SC(COc2ccccc2)=NC1=O)Nc1cccc2ccccc12. The third-order valence-electron chi connectivity index (χ3n) is 4.33. The first-order chi connectivity index (χ1) is 13.7. The summed E-state index contributed by atoms with van der Waals surface area (Å²) in [5.41, 5.74) is 0.743. The highest BCUT2D eigenvalue weighted by Gasteiger charge is 2.30. The van der Waals surface area contributed by atoms with Gasteiger partial charge in [0, 0.05) is 17.5 Å². The van der Waals surface area contributed by atoms with Crippen LogP contribution in [-0.4, -0.2) is 28.7 Å². The largest absolute Gasteiger partial charge is 0.487 e. The number of benzene rings is 3. The number of nitrogens with one attached hydrogen (secondary N) is 1. The molecule has 140 valence electrons. The molecule has 0 unspecified atom stereocenters. The van der Waals surface area contributed by atoms with Gasteiger partial charge in [0.2, 0.25) is 5.91 Å². The van der Waals surface area contributed by atoms with E-state index >= 15 is 0 Å². The Hall–Kier alpha value is -3.12. The molecular weight excluding hydrogens is 372 g/mol. The summed E-state index contributed by atoms with van der Waals surface area (Å²) >= 11 is 1.30. The topological polar surface area (TPSA) is 67.8 Å². The smallest absolute Gasteiger partial charge is 0.260 e. The Morgan fingerprint density at radius 2 is 1.75 bits per heavy atom. The standard InChI is InChI=1S/C22H18N2O3S/c25-20(23-18-12-6-8-15-7-4-5-11-17(15)18)13-19-22(26)24-21(28-19)14-27-16-9-2-1-3-10-16/h1-12,19H,13-14H2,(H,23,25)/t19-/m0/s1. The summed E-state index contributed by atoms with van der Waals surface area (Å²) < 4.78 is 5.63. The number of carbonyl (C=O) groups is 2. The highest BCUT2D eigenvalue weighted by atomic mass is 32.2. The Labute approximate surface area is 166 Å². The minimum atomic E-state index is -0.510. The predicted octanol–water partition coefficient (Wildman–Crippen LogP) is 4.29. The highest BCUT2D eigenvalue weighted by molar-refractivity contribution is 8.15. The van der Waals surface area contributed by atoms with Gasteiger partial charge in [0.1, 0.15) is 22.7 Å². The van der Waals surface area contributed by atoms with Crippen LogP contribution in [-0.2, 0) is 9.59 Å². The summed E-state index contributed by atoms with van der Waals surface area (Å²) in [5, 5.41) is 5.02. The van der Waals surface area contributed by atoms with Gasteiger partial charge >= 0.3 is 0 Å². The summed E-state index contributed by atoms with van der Waals surface area (Å²) in [4.78, 5) is 28.7. The summed E-state index contributed by atoms with van der Waals surface area (Å²) in [6.07, 6.45) is 0.0745. The Bertz CT molecular complexity index is 1040. The van der Waals surface area contributed by atoms with E-state index in [1.807, 2.05) is 72.8 Å². The molecule has 1 aliphatic heterocycles. The Kier molecular flexibility index (Phi) is 5.39. The zero-order valence-corrected chi connectivity index (χ0v) is 15.8. The van der Waals surface area contributed by atoms with E-state index in [1.54, 1.807) is 0 Å². The molecule has 6 heteroatoms. The van der Waals surface area contributed by atoms with Gasteiger partial charge in [-0.2, -0.15) is 0 Å². The number of aliphatic imine (C=N–C) groups is 1. The molecule has 0 bridgehead atoms. The maximum atomic E-state index is 12.5. The van der Waals surface area contributed by atoms with Gasteiger partial charge in [0.15, 0.2) is 0 Å². The van der Waals surface area contributed by atoms with Crippen molar-refractivity contribution in [1.29, 1.82) is 0 Å². The molecule has 2 amide bonds. The van der Waals surface area contributed by atoms with E-state index < -0.39 is 5.25 Å². The molecule has 0 aromatic heterocycles. The van der Waals surface area contributed by atoms with Gasteiger partial charge in [-0.25, -0.2) is 4.99 Å². The maximum Gasteiger partial charge on any atom is 0.260 e. The first kappa shape index (κ1) is 18.3. The number of fused-ring (bicyclic) bond motifs is 1. The first-order valence-corrected chi connectivity index (χ1v) is 9.80. The third kappa shape index (κ3) is 4.23. The minimum Gasteiger partial charge on any atom is -0.487 e. The van der Waals surface area contributed by atoms with Crippen LogP contribution in [0.15, 0.2) is 77.8 Å². The summed E-state index contributed by atoms with van der Waals surface area (Å²) in [6, 6.07) is 22.9. The molecule has 1 N–H and O–H groups in total. The van der Waals surface area contributed by atoms with Crippen molar-refractivity contribution in [2.75, 3.05) is 11.9 Å². The molecular formula is C22H18N2O3S. The quantitative estimate of drug-likeness (QED) is 0.682. The van der Waals surface area contributed by atoms with E-state index in [0.29, 0.717) is 5.04 Å². The van der Waals surface area contributed by atoms with Crippen LogP contribution in [0.1, 0.15) is 6.42 Å². The number of para-hydroxylation sites is 1. The highest BCUT2D eigenvalue weighted by Crippen LogP contribution is 2.27. The van der Waals surface area contributed by atoms with E-state index in [4.69, 9.17) is 4.74 Å². The molecule has 0 saturated heterocycles. The van der Waals surface area contributed by atoms with Gasteiger partial charge < -0.3 is 10.1 Å². The van der Waals surface area contributed by atoms with E-state index in [9.17, 15) is 9.59 Å². The minimum absolute atomic E-state index is 0.0745. The van der Waals surface area contributed by atoms with E-state index in [2.05, 4.69) is 10.3 Å². The molecule has 0 spiro atoms. The summed E-state index contributed by atoms with van der Waals surface area (Å²) in [7, 11) is 0. The maximum absolute atomic E-state index is 12.5. The van der Waals surface area contributed by atoms with Gasteiger partial charge in [0.25, 0.3) is 5.91 Å². The monoisotopic (exact) mass is 390 g/mol. The third-order valence-corrected chi connectivity index (χ3v) is 5.46. The lowest BCUT2D eigenvalue weighted by Crippen LogP contribution is -2.21. The Morgan fingerprint density at radius 3 is 2.61 bits per heavy atom. The van der Waals surface area contributed by atoms with Gasteiger partial charge in [0.05, 0.1) is 0 Å². The molecule has 0 radical (unpaired) electrons. The molecule has 0 saturated carbocycles. The Balaban J connectivity index is 1.34. The van der Waals surface area contributed by atoms with Crippen molar-refractivity contribution >= 4 is 45.1 Å². The molecule has 5 nitrogen and oxygen atoms in total. The van der Waals surface area contributed by atoms with Crippen LogP contribution in [0.25, 0.3) is 10.8 Å². The van der Waals surface area contributed by atoms with Crippen LogP contribution in [0.4, 0.5) is 5.69 Å². The fourth-order valence-electron chi connectivity index (χ4n) is 3.00. The lowest BCUT2D eigenvalue weighted by Gasteiger charge is -2.11. The second-order valence-corrected chi connectivity index (χ2v) is 7.61.